The monoisotopic (exact) mass is 469 g/mol. The molecule has 5 atom stereocenters. The maximum absolute atomic E-state index is 13.1. The van der Waals surface area contributed by atoms with Gasteiger partial charge in [-0.3, -0.25) is 14.5 Å². The van der Waals surface area contributed by atoms with E-state index in [1.165, 1.54) is 18.7 Å². The SMILES string of the molecule is CC(=O)O[C@H]1[C@@H]2O[C@@H](c3ccccc3)OC[C@H]2N(C(=O)OCc2ccccc2)C[C@@H]1OC(C)=O. The number of ether oxygens (including phenoxy) is 5. The van der Waals surface area contributed by atoms with E-state index in [0.717, 1.165) is 11.1 Å². The van der Waals surface area contributed by atoms with Crippen LogP contribution < -0.4 is 0 Å². The molecule has 0 aliphatic carbocycles. The topological polar surface area (TPSA) is 101 Å². The van der Waals surface area contributed by atoms with Crippen molar-refractivity contribution in [3.05, 3.63) is 71.8 Å². The maximum Gasteiger partial charge on any atom is 0.410 e. The van der Waals surface area contributed by atoms with E-state index in [0.29, 0.717) is 0 Å². The Morgan fingerprint density at radius 2 is 1.59 bits per heavy atom. The number of benzene rings is 2. The molecule has 34 heavy (non-hydrogen) atoms. The minimum Gasteiger partial charge on any atom is -0.457 e. The van der Waals surface area contributed by atoms with E-state index in [1.807, 2.05) is 60.7 Å². The summed E-state index contributed by atoms with van der Waals surface area (Å²) >= 11 is 0. The van der Waals surface area contributed by atoms with Gasteiger partial charge in [-0.05, 0) is 5.56 Å². The predicted molar refractivity (Wildman–Crippen MR) is 118 cm³/mol. The van der Waals surface area contributed by atoms with Crippen molar-refractivity contribution in [3.8, 4) is 0 Å². The number of hydrogen-bond donors (Lipinski definition) is 0. The van der Waals surface area contributed by atoms with Gasteiger partial charge in [-0.15, -0.1) is 0 Å². The van der Waals surface area contributed by atoms with Gasteiger partial charge in [0.15, 0.2) is 18.5 Å². The van der Waals surface area contributed by atoms with Gasteiger partial charge in [0.2, 0.25) is 0 Å². The lowest BCUT2D eigenvalue weighted by molar-refractivity contribution is -0.287. The summed E-state index contributed by atoms with van der Waals surface area (Å²) in [4.78, 5) is 38.2. The van der Waals surface area contributed by atoms with Gasteiger partial charge in [0.05, 0.1) is 19.2 Å². The number of likely N-dealkylation sites (tertiary alicyclic amines) is 1. The largest absolute Gasteiger partial charge is 0.457 e. The molecule has 2 fully saturated rings. The summed E-state index contributed by atoms with van der Waals surface area (Å²) < 4.78 is 28.6. The maximum atomic E-state index is 13.1. The third-order valence-electron chi connectivity index (χ3n) is 5.68. The Hall–Kier alpha value is -3.43. The molecule has 0 aromatic heterocycles. The molecule has 0 unspecified atom stereocenters. The lowest BCUT2D eigenvalue weighted by atomic mass is 9.92. The molecule has 4 rings (SSSR count). The molecule has 180 valence electrons. The third kappa shape index (κ3) is 5.55. The molecular formula is C25H27NO8. The summed E-state index contributed by atoms with van der Waals surface area (Å²) in [6.45, 7) is 2.69. The zero-order chi connectivity index (χ0) is 24.1. The average Bonchev–Trinajstić information content (AvgIpc) is 2.84. The molecule has 0 bridgehead atoms. The first-order valence-electron chi connectivity index (χ1n) is 11.1. The van der Waals surface area contributed by atoms with Crippen molar-refractivity contribution in [2.75, 3.05) is 13.2 Å². The van der Waals surface area contributed by atoms with Gasteiger partial charge in [0, 0.05) is 19.4 Å². The van der Waals surface area contributed by atoms with E-state index in [2.05, 4.69) is 0 Å². The second-order valence-electron chi connectivity index (χ2n) is 8.16. The molecule has 2 heterocycles. The number of amides is 1. The quantitative estimate of drug-likeness (QED) is 0.487. The summed E-state index contributed by atoms with van der Waals surface area (Å²) in [5.41, 5.74) is 1.61. The molecule has 0 N–H and O–H groups in total. The van der Waals surface area contributed by atoms with Crippen LogP contribution in [0.25, 0.3) is 0 Å². The summed E-state index contributed by atoms with van der Waals surface area (Å²) in [5, 5.41) is 0. The fraction of sp³-hybridized carbons (Fsp3) is 0.400. The highest BCUT2D eigenvalue weighted by Gasteiger charge is 2.53. The molecule has 2 aliphatic rings. The van der Waals surface area contributed by atoms with Crippen LogP contribution in [0.3, 0.4) is 0 Å². The molecule has 2 saturated heterocycles. The van der Waals surface area contributed by atoms with Gasteiger partial charge in [-0.2, -0.15) is 0 Å². The van der Waals surface area contributed by atoms with Gasteiger partial charge in [0.1, 0.15) is 12.7 Å². The Morgan fingerprint density at radius 3 is 2.24 bits per heavy atom. The fourth-order valence-electron chi connectivity index (χ4n) is 4.21. The predicted octanol–water partition coefficient (Wildman–Crippen LogP) is 2.99. The molecule has 2 aliphatic heterocycles. The third-order valence-corrected chi connectivity index (χ3v) is 5.68. The minimum absolute atomic E-state index is 0.0327. The van der Waals surface area contributed by atoms with Crippen LogP contribution in [0.5, 0.6) is 0 Å². The highest BCUT2D eigenvalue weighted by molar-refractivity contribution is 5.70. The molecule has 0 saturated carbocycles. The van der Waals surface area contributed by atoms with Crippen molar-refractivity contribution >= 4 is 18.0 Å². The van der Waals surface area contributed by atoms with Crippen LogP contribution in [0.2, 0.25) is 0 Å². The van der Waals surface area contributed by atoms with Gasteiger partial charge >= 0.3 is 18.0 Å². The van der Waals surface area contributed by atoms with Crippen LogP contribution in [-0.4, -0.2) is 60.4 Å². The number of esters is 2. The molecule has 9 nitrogen and oxygen atoms in total. The van der Waals surface area contributed by atoms with E-state index < -0.39 is 48.7 Å². The van der Waals surface area contributed by atoms with Crippen molar-refractivity contribution < 1.29 is 38.1 Å². The van der Waals surface area contributed by atoms with E-state index >= 15 is 0 Å². The van der Waals surface area contributed by atoms with E-state index in [-0.39, 0.29) is 19.8 Å². The van der Waals surface area contributed by atoms with Crippen LogP contribution in [0.4, 0.5) is 4.79 Å². The molecule has 2 aromatic carbocycles. The number of piperidine rings is 1. The standard InChI is InChI=1S/C25H27NO8/c1-16(27)32-21-13-26(25(29)31-14-18-9-5-3-6-10-18)20-15-30-24(19-11-7-4-8-12-19)34-22(20)23(21)33-17(2)28/h3-12,20-24H,13-15H2,1-2H3/t20-,21+,22-,23-,24+/m1/s1. The highest BCUT2D eigenvalue weighted by Crippen LogP contribution is 2.36. The second-order valence-corrected chi connectivity index (χ2v) is 8.16. The molecule has 0 spiro atoms. The number of nitrogens with zero attached hydrogens (tertiary/aromatic N) is 1. The molecule has 0 radical (unpaired) electrons. The number of rotatable bonds is 5. The van der Waals surface area contributed by atoms with Crippen molar-refractivity contribution in [1.29, 1.82) is 0 Å². The Bertz CT molecular complexity index is 998. The molecular weight excluding hydrogens is 442 g/mol. The average molecular weight is 469 g/mol. The second kappa shape index (κ2) is 10.7. The summed E-state index contributed by atoms with van der Waals surface area (Å²) in [7, 11) is 0. The smallest absolute Gasteiger partial charge is 0.410 e. The van der Waals surface area contributed by atoms with E-state index in [9.17, 15) is 14.4 Å². The Balaban J connectivity index is 1.58. The van der Waals surface area contributed by atoms with Gasteiger partial charge in [-0.1, -0.05) is 60.7 Å². The van der Waals surface area contributed by atoms with Crippen molar-refractivity contribution in [3.63, 3.8) is 0 Å². The van der Waals surface area contributed by atoms with Gasteiger partial charge < -0.3 is 23.7 Å². The fourth-order valence-corrected chi connectivity index (χ4v) is 4.21. The first-order valence-corrected chi connectivity index (χ1v) is 11.1. The highest BCUT2D eigenvalue weighted by atomic mass is 16.7. The Labute approximate surface area is 197 Å². The summed E-state index contributed by atoms with van der Waals surface area (Å²) in [6.07, 6.45) is -3.99. The van der Waals surface area contributed by atoms with E-state index in [1.54, 1.807) is 0 Å². The van der Waals surface area contributed by atoms with Crippen molar-refractivity contribution in [2.24, 2.45) is 0 Å². The van der Waals surface area contributed by atoms with Gasteiger partial charge in [0.25, 0.3) is 0 Å². The van der Waals surface area contributed by atoms with Crippen LogP contribution in [-0.2, 0) is 39.9 Å². The summed E-state index contributed by atoms with van der Waals surface area (Å²) in [5.74, 6) is -1.11. The van der Waals surface area contributed by atoms with Gasteiger partial charge in [-0.25, -0.2) is 4.79 Å². The van der Waals surface area contributed by atoms with Crippen LogP contribution in [0.1, 0.15) is 31.3 Å². The van der Waals surface area contributed by atoms with Crippen molar-refractivity contribution in [2.45, 2.75) is 51.1 Å². The number of carbonyl (C=O) groups excluding carboxylic acids is 3. The normalized spacial score (nSPS) is 26.2. The minimum atomic E-state index is -0.929. The van der Waals surface area contributed by atoms with Crippen molar-refractivity contribution in [1.82, 2.24) is 4.90 Å². The first kappa shape index (κ1) is 23.7. The molecule has 2 aromatic rings. The molecule has 9 heteroatoms. The first-order chi connectivity index (χ1) is 16.4. The molecule has 1 amide bonds. The lowest BCUT2D eigenvalue weighted by Crippen LogP contribution is -2.68. The zero-order valence-corrected chi connectivity index (χ0v) is 19.0. The Kier molecular flexibility index (Phi) is 7.44. The number of fused-ring (bicyclic) bond motifs is 1. The zero-order valence-electron chi connectivity index (χ0n) is 19.0. The number of hydrogen-bond acceptors (Lipinski definition) is 8. The van der Waals surface area contributed by atoms with Crippen LogP contribution in [0, 0.1) is 0 Å². The van der Waals surface area contributed by atoms with Crippen LogP contribution >= 0.6 is 0 Å². The number of carbonyl (C=O) groups is 3. The van der Waals surface area contributed by atoms with Crippen LogP contribution in [0.15, 0.2) is 60.7 Å². The summed E-state index contributed by atoms with van der Waals surface area (Å²) in [6, 6.07) is 18.0. The van der Waals surface area contributed by atoms with E-state index in [4.69, 9.17) is 23.7 Å². The lowest BCUT2D eigenvalue weighted by Gasteiger charge is -2.50. The Morgan fingerprint density at radius 1 is 0.941 bits per heavy atom.